The van der Waals surface area contributed by atoms with E-state index in [1.54, 1.807) is 19.1 Å². The molecule has 5 nitrogen and oxygen atoms in total. The van der Waals surface area contributed by atoms with Gasteiger partial charge < -0.3 is 9.47 Å². The van der Waals surface area contributed by atoms with Gasteiger partial charge in [-0.05, 0) is 37.0 Å². The first kappa shape index (κ1) is 16.8. The highest BCUT2D eigenvalue weighted by molar-refractivity contribution is 7.89. The standard InChI is InChI=1S/C18H21NO4S/c1-14-12-16-17(23-11-10-22-16)13-18(14)24(20,21)19-9-5-8-15-6-3-2-4-7-15/h2-4,6-7,12-13,19H,5,8-11H2,1H3. The van der Waals surface area contributed by atoms with Crippen LogP contribution in [0.2, 0.25) is 0 Å². The number of sulfonamides is 1. The fourth-order valence-electron chi connectivity index (χ4n) is 2.68. The average molecular weight is 347 g/mol. The summed E-state index contributed by atoms with van der Waals surface area (Å²) in [5, 5.41) is 0. The number of aryl methyl sites for hydroxylation is 2. The third-order valence-corrected chi connectivity index (χ3v) is 5.51. The van der Waals surface area contributed by atoms with E-state index >= 15 is 0 Å². The Morgan fingerprint density at radius 2 is 1.71 bits per heavy atom. The molecule has 0 bridgehead atoms. The van der Waals surface area contributed by atoms with Gasteiger partial charge in [-0.2, -0.15) is 0 Å². The Morgan fingerprint density at radius 3 is 2.42 bits per heavy atom. The minimum Gasteiger partial charge on any atom is -0.486 e. The lowest BCUT2D eigenvalue weighted by atomic mass is 10.1. The first-order valence-corrected chi connectivity index (χ1v) is 9.48. The molecule has 128 valence electrons. The molecule has 2 aromatic carbocycles. The molecule has 6 heteroatoms. The Kier molecular flexibility index (Phi) is 5.06. The monoisotopic (exact) mass is 347 g/mol. The molecule has 0 saturated carbocycles. The minimum atomic E-state index is -3.56. The molecule has 0 unspecified atom stereocenters. The lowest BCUT2D eigenvalue weighted by molar-refractivity contribution is 0.171. The third-order valence-electron chi connectivity index (χ3n) is 3.91. The van der Waals surface area contributed by atoms with Crippen LogP contribution in [-0.2, 0) is 16.4 Å². The summed E-state index contributed by atoms with van der Waals surface area (Å²) in [5.41, 5.74) is 1.85. The van der Waals surface area contributed by atoms with Gasteiger partial charge >= 0.3 is 0 Å². The summed E-state index contributed by atoms with van der Waals surface area (Å²) >= 11 is 0. The molecule has 1 heterocycles. The number of nitrogens with one attached hydrogen (secondary N) is 1. The highest BCUT2D eigenvalue weighted by Gasteiger charge is 2.21. The van der Waals surface area contributed by atoms with Crippen LogP contribution in [0.15, 0.2) is 47.4 Å². The Morgan fingerprint density at radius 1 is 1.04 bits per heavy atom. The SMILES string of the molecule is Cc1cc2c(cc1S(=O)(=O)NCCCc1ccccc1)OCCO2. The van der Waals surface area contributed by atoms with Gasteiger partial charge in [-0.1, -0.05) is 30.3 Å². The summed E-state index contributed by atoms with van der Waals surface area (Å²) in [7, 11) is -3.56. The Labute approximate surface area is 142 Å². The summed E-state index contributed by atoms with van der Waals surface area (Å²) in [4.78, 5) is 0.242. The van der Waals surface area contributed by atoms with Gasteiger partial charge in [0.05, 0.1) is 4.90 Å². The van der Waals surface area contributed by atoms with Gasteiger partial charge in [0.15, 0.2) is 11.5 Å². The van der Waals surface area contributed by atoms with E-state index in [1.807, 2.05) is 30.3 Å². The molecule has 0 aliphatic carbocycles. The van der Waals surface area contributed by atoms with Crippen LogP contribution in [0.3, 0.4) is 0 Å². The van der Waals surface area contributed by atoms with Crippen molar-refractivity contribution in [1.29, 1.82) is 0 Å². The summed E-state index contributed by atoms with van der Waals surface area (Å²) < 4.78 is 38.7. The zero-order chi connectivity index (χ0) is 17.0. The second-order valence-corrected chi connectivity index (χ2v) is 7.48. The number of ether oxygens (including phenoxy) is 2. The molecule has 0 atom stereocenters. The predicted octanol–water partition coefficient (Wildman–Crippen LogP) is 2.68. The molecule has 3 rings (SSSR count). The fraction of sp³-hybridized carbons (Fsp3) is 0.333. The van der Waals surface area contributed by atoms with E-state index in [9.17, 15) is 8.42 Å². The Bertz CT molecular complexity index is 803. The van der Waals surface area contributed by atoms with Gasteiger partial charge in [0.25, 0.3) is 0 Å². The van der Waals surface area contributed by atoms with Crippen LogP contribution < -0.4 is 14.2 Å². The van der Waals surface area contributed by atoms with Crippen LogP contribution in [0, 0.1) is 6.92 Å². The van der Waals surface area contributed by atoms with E-state index < -0.39 is 10.0 Å². The maximum absolute atomic E-state index is 12.5. The first-order chi connectivity index (χ1) is 11.6. The summed E-state index contributed by atoms with van der Waals surface area (Å²) in [6.07, 6.45) is 1.58. The first-order valence-electron chi connectivity index (χ1n) is 8.00. The zero-order valence-electron chi connectivity index (χ0n) is 13.6. The van der Waals surface area contributed by atoms with Gasteiger partial charge in [-0.25, -0.2) is 13.1 Å². The van der Waals surface area contributed by atoms with Gasteiger partial charge in [0.2, 0.25) is 10.0 Å². The number of fused-ring (bicyclic) bond motifs is 1. The molecular formula is C18H21NO4S. The molecule has 0 spiro atoms. The smallest absolute Gasteiger partial charge is 0.240 e. The van der Waals surface area contributed by atoms with Crippen molar-refractivity contribution in [2.24, 2.45) is 0 Å². The Balaban J connectivity index is 1.65. The lowest BCUT2D eigenvalue weighted by Gasteiger charge is -2.20. The molecule has 2 aromatic rings. The van der Waals surface area contributed by atoms with Gasteiger partial charge in [-0.15, -0.1) is 0 Å². The van der Waals surface area contributed by atoms with E-state index in [2.05, 4.69) is 4.72 Å². The van der Waals surface area contributed by atoms with E-state index in [-0.39, 0.29) is 4.90 Å². The molecule has 1 aliphatic heterocycles. The lowest BCUT2D eigenvalue weighted by Crippen LogP contribution is -2.26. The summed E-state index contributed by atoms with van der Waals surface area (Å²) in [6.45, 7) is 3.07. The van der Waals surface area contributed by atoms with Crippen molar-refractivity contribution in [3.05, 3.63) is 53.6 Å². The Hall–Kier alpha value is -2.05. The summed E-state index contributed by atoms with van der Waals surface area (Å²) in [5.74, 6) is 1.08. The van der Waals surface area contributed by atoms with Crippen LogP contribution in [-0.4, -0.2) is 28.2 Å². The fourth-order valence-corrected chi connectivity index (χ4v) is 4.00. The zero-order valence-corrected chi connectivity index (χ0v) is 14.4. The van der Waals surface area contributed by atoms with Crippen molar-refractivity contribution in [2.45, 2.75) is 24.7 Å². The van der Waals surface area contributed by atoms with Gasteiger partial charge in [0.1, 0.15) is 13.2 Å². The largest absolute Gasteiger partial charge is 0.486 e. The molecule has 0 amide bonds. The van der Waals surface area contributed by atoms with Crippen LogP contribution in [0.1, 0.15) is 17.5 Å². The second kappa shape index (κ2) is 7.23. The number of hydrogen-bond donors (Lipinski definition) is 1. The summed E-state index contributed by atoms with van der Waals surface area (Å²) in [6, 6.07) is 13.3. The van der Waals surface area contributed by atoms with E-state index in [0.717, 1.165) is 12.8 Å². The van der Waals surface area contributed by atoms with Crippen molar-refractivity contribution < 1.29 is 17.9 Å². The van der Waals surface area contributed by atoms with Crippen molar-refractivity contribution in [3.63, 3.8) is 0 Å². The number of benzene rings is 2. The van der Waals surface area contributed by atoms with Crippen LogP contribution >= 0.6 is 0 Å². The van der Waals surface area contributed by atoms with Crippen LogP contribution in [0.4, 0.5) is 0 Å². The molecule has 0 aromatic heterocycles. The molecule has 0 radical (unpaired) electrons. The van der Waals surface area contributed by atoms with Crippen LogP contribution in [0.25, 0.3) is 0 Å². The van der Waals surface area contributed by atoms with Gasteiger partial charge in [-0.3, -0.25) is 0 Å². The van der Waals surface area contributed by atoms with E-state index in [4.69, 9.17) is 9.47 Å². The average Bonchev–Trinajstić information content (AvgIpc) is 2.59. The van der Waals surface area contributed by atoms with Crippen molar-refractivity contribution in [2.75, 3.05) is 19.8 Å². The van der Waals surface area contributed by atoms with Crippen LogP contribution in [0.5, 0.6) is 11.5 Å². The van der Waals surface area contributed by atoms with Crippen molar-refractivity contribution in [1.82, 2.24) is 4.72 Å². The molecular weight excluding hydrogens is 326 g/mol. The maximum atomic E-state index is 12.5. The third kappa shape index (κ3) is 3.88. The second-order valence-electron chi connectivity index (χ2n) is 5.75. The van der Waals surface area contributed by atoms with Crippen molar-refractivity contribution in [3.8, 4) is 11.5 Å². The molecule has 24 heavy (non-hydrogen) atoms. The molecule has 1 N–H and O–H groups in total. The van der Waals surface area contributed by atoms with Gasteiger partial charge in [0, 0.05) is 12.6 Å². The number of hydrogen-bond acceptors (Lipinski definition) is 4. The highest BCUT2D eigenvalue weighted by atomic mass is 32.2. The minimum absolute atomic E-state index is 0.242. The van der Waals surface area contributed by atoms with E-state index in [1.165, 1.54) is 5.56 Å². The molecule has 0 fully saturated rings. The topological polar surface area (TPSA) is 64.6 Å². The molecule has 1 aliphatic rings. The van der Waals surface area contributed by atoms with E-state index in [0.29, 0.717) is 36.8 Å². The highest BCUT2D eigenvalue weighted by Crippen LogP contribution is 2.34. The normalized spacial score (nSPS) is 13.7. The van der Waals surface area contributed by atoms with Crippen molar-refractivity contribution >= 4 is 10.0 Å². The predicted molar refractivity (Wildman–Crippen MR) is 92.1 cm³/mol. The quantitative estimate of drug-likeness (QED) is 0.816. The maximum Gasteiger partial charge on any atom is 0.240 e. The molecule has 0 saturated heterocycles. The number of rotatable bonds is 6.